The van der Waals surface area contributed by atoms with Crippen LogP contribution < -0.4 is 10.6 Å². The standard InChI is InChI=1S/C24H31F3N6O2Si.C18H17F3N6O/c1-16-12-20(32(31-16)15-35-10-11-36(2,3)4)21-14-29-23-22(28-8-5-9-34)30-18-13-17(24(25,26)27)6-7-19(18)33(21)23;1-10-7-13(26-25-10)15-9-23-17-16(22-5-2-6-28)24-12-8-11(18(19,20)21)3-4-14(12)27(15)17/h6-7,12-14,34H,5,8-11,15H2,1-4H3,(H,28,30);3-4,7-9,28H,2,5-6H2,1H3,(H,22,24)(H,25,26). The number of rotatable bonds is 15. The molecule has 0 saturated carbocycles. The number of aliphatic hydroxyl groups excluding tert-OH is 2. The van der Waals surface area contributed by atoms with E-state index in [1.807, 2.05) is 26.0 Å². The van der Waals surface area contributed by atoms with Crippen LogP contribution in [0, 0.1) is 13.8 Å². The number of alkyl halides is 6. The monoisotopic (exact) mass is 910 g/mol. The Labute approximate surface area is 363 Å². The van der Waals surface area contributed by atoms with Gasteiger partial charge in [-0.2, -0.15) is 36.5 Å². The molecule has 0 aliphatic heterocycles. The van der Waals surface area contributed by atoms with Crippen LogP contribution >= 0.6 is 0 Å². The molecule has 6 aromatic heterocycles. The van der Waals surface area contributed by atoms with Crippen LogP contribution in [0.2, 0.25) is 25.7 Å². The first-order chi connectivity index (χ1) is 30.4. The van der Waals surface area contributed by atoms with Gasteiger partial charge in [-0.3, -0.25) is 13.9 Å². The third-order valence-electron chi connectivity index (χ3n) is 10.1. The smallest absolute Gasteiger partial charge is 0.396 e. The molecule has 0 radical (unpaired) electrons. The van der Waals surface area contributed by atoms with Crippen molar-refractivity contribution >= 4 is 53.1 Å². The minimum atomic E-state index is -4.49. The van der Waals surface area contributed by atoms with Gasteiger partial charge in [-0.1, -0.05) is 19.6 Å². The lowest BCUT2D eigenvalue weighted by molar-refractivity contribution is -0.138. The number of H-pyrrole nitrogens is 1. The topological polar surface area (TPSA) is 181 Å². The highest BCUT2D eigenvalue weighted by Gasteiger charge is 2.32. The van der Waals surface area contributed by atoms with E-state index in [0.29, 0.717) is 83.6 Å². The fourth-order valence-electron chi connectivity index (χ4n) is 6.92. The van der Waals surface area contributed by atoms with Gasteiger partial charge in [0.1, 0.15) is 12.4 Å². The number of ether oxygens (including phenoxy) is 1. The van der Waals surface area contributed by atoms with Crippen molar-refractivity contribution < 1.29 is 41.3 Å². The number of aromatic amines is 1. The number of nitrogens with one attached hydrogen (secondary N) is 3. The van der Waals surface area contributed by atoms with Crippen LogP contribution in [0.15, 0.2) is 60.9 Å². The lowest BCUT2D eigenvalue weighted by Crippen LogP contribution is -2.22. The molecule has 15 nitrogen and oxygen atoms in total. The van der Waals surface area contributed by atoms with Gasteiger partial charge in [0.15, 0.2) is 22.9 Å². The number of fused-ring (bicyclic) bond motifs is 6. The second-order valence-electron chi connectivity index (χ2n) is 16.4. The largest absolute Gasteiger partial charge is 0.416 e. The Hall–Kier alpha value is -6.10. The minimum Gasteiger partial charge on any atom is -0.396 e. The van der Waals surface area contributed by atoms with E-state index in [1.165, 1.54) is 12.1 Å². The second-order valence-corrected chi connectivity index (χ2v) is 22.0. The van der Waals surface area contributed by atoms with E-state index in [9.17, 15) is 26.3 Å². The van der Waals surface area contributed by atoms with Crippen molar-refractivity contribution in [2.45, 2.75) is 71.5 Å². The molecule has 0 amide bonds. The van der Waals surface area contributed by atoms with E-state index < -0.39 is 31.6 Å². The highest BCUT2D eigenvalue weighted by atomic mass is 28.3. The van der Waals surface area contributed by atoms with Crippen LogP contribution in [0.25, 0.3) is 56.1 Å². The maximum atomic E-state index is 13.4. The molecule has 5 N–H and O–H groups in total. The van der Waals surface area contributed by atoms with E-state index in [-0.39, 0.29) is 31.0 Å². The summed E-state index contributed by atoms with van der Waals surface area (Å²) in [6.45, 7) is 12.2. The van der Waals surface area contributed by atoms with Crippen LogP contribution in [0.5, 0.6) is 0 Å². The Morgan fingerprint density at radius 1 is 0.719 bits per heavy atom. The number of aromatic nitrogens is 10. The van der Waals surface area contributed by atoms with Crippen molar-refractivity contribution in [3.63, 3.8) is 0 Å². The fourth-order valence-corrected chi connectivity index (χ4v) is 7.68. The molecule has 340 valence electrons. The molecular formula is C42H48F6N12O3Si. The van der Waals surface area contributed by atoms with Crippen molar-refractivity contribution in [3.05, 3.63) is 83.4 Å². The zero-order valence-electron chi connectivity index (χ0n) is 35.7. The summed E-state index contributed by atoms with van der Waals surface area (Å²) in [5, 5.41) is 36.0. The molecule has 0 saturated heterocycles. The van der Waals surface area contributed by atoms with Gasteiger partial charge < -0.3 is 25.6 Å². The quantitative estimate of drug-likeness (QED) is 0.0378. The van der Waals surface area contributed by atoms with Gasteiger partial charge in [0.2, 0.25) is 0 Å². The SMILES string of the molecule is Cc1cc(-c2cnc3c(NCCCO)nc4cc(C(F)(F)F)ccc4n23)n(COCC[Si](C)(C)C)n1.Cc1cc(-c2cnc3c(NCCCO)nc4cc(C(F)(F)F)ccc4n23)n[nH]1. The molecule has 8 aromatic rings. The molecule has 6 heterocycles. The molecule has 0 bridgehead atoms. The number of hydrogen-bond acceptors (Lipinski definition) is 11. The summed E-state index contributed by atoms with van der Waals surface area (Å²) in [5.41, 5.74) is 5.03. The zero-order chi connectivity index (χ0) is 46.0. The van der Waals surface area contributed by atoms with Gasteiger partial charge in [0.05, 0.1) is 68.4 Å². The second kappa shape index (κ2) is 18.5. The normalized spacial score (nSPS) is 12.5. The Bertz CT molecular complexity index is 2900. The van der Waals surface area contributed by atoms with Crippen molar-refractivity contribution in [2.75, 3.05) is 43.5 Å². The maximum Gasteiger partial charge on any atom is 0.416 e. The number of nitrogens with zero attached hydrogens (tertiary/aromatic N) is 9. The van der Waals surface area contributed by atoms with Crippen molar-refractivity contribution in [3.8, 4) is 22.8 Å². The Morgan fingerprint density at radius 3 is 1.73 bits per heavy atom. The minimum absolute atomic E-state index is 0.0126. The highest BCUT2D eigenvalue weighted by molar-refractivity contribution is 6.76. The van der Waals surface area contributed by atoms with Crippen LogP contribution in [0.3, 0.4) is 0 Å². The fraction of sp³-hybridized carbons (Fsp3) is 0.381. The summed E-state index contributed by atoms with van der Waals surface area (Å²) in [6, 6.07) is 11.7. The summed E-state index contributed by atoms with van der Waals surface area (Å²) >= 11 is 0. The predicted molar refractivity (Wildman–Crippen MR) is 234 cm³/mol. The third-order valence-corrected chi connectivity index (χ3v) is 11.8. The summed E-state index contributed by atoms with van der Waals surface area (Å²) in [5.74, 6) is 0.689. The van der Waals surface area contributed by atoms with Crippen LogP contribution in [0.1, 0.15) is 35.4 Å². The first-order valence-corrected chi connectivity index (χ1v) is 24.2. The van der Waals surface area contributed by atoms with Gasteiger partial charge >= 0.3 is 12.4 Å². The van der Waals surface area contributed by atoms with Gasteiger partial charge in [0, 0.05) is 46.7 Å². The molecule has 0 fully saturated rings. The Kier molecular flexibility index (Phi) is 13.3. The Morgan fingerprint density at radius 2 is 1.25 bits per heavy atom. The molecule has 0 spiro atoms. The number of aliphatic hydroxyl groups is 2. The average Bonchev–Trinajstić information content (AvgIpc) is 4.04. The summed E-state index contributed by atoms with van der Waals surface area (Å²) in [7, 11) is -1.24. The molecule has 22 heteroatoms. The number of imidazole rings is 2. The summed E-state index contributed by atoms with van der Waals surface area (Å²) in [6.07, 6.45) is -4.74. The van der Waals surface area contributed by atoms with E-state index >= 15 is 0 Å². The van der Waals surface area contributed by atoms with Gasteiger partial charge in [-0.25, -0.2) is 24.6 Å². The number of hydrogen-bond donors (Lipinski definition) is 5. The number of aryl methyl sites for hydroxylation is 2. The third kappa shape index (κ3) is 10.1. The van der Waals surface area contributed by atoms with Crippen LogP contribution in [-0.4, -0.2) is 99.9 Å². The predicted octanol–water partition coefficient (Wildman–Crippen LogP) is 8.57. The molecule has 0 aliphatic rings. The number of halogens is 6. The molecule has 0 atom stereocenters. The molecule has 8 rings (SSSR count). The molecule has 64 heavy (non-hydrogen) atoms. The van der Waals surface area contributed by atoms with Crippen LogP contribution in [0.4, 0.5) is 38.0 Å². The van der Waals surface area contributed by atoms with E-state index in [2.05, 4.69) is 65.5 Å². The van der Waals surface area contributed by atoms with Gasteiger partial charge in [0.25, 0.3) is 0 Å². The lowest BCUT2D eigenvalue weighted by Gasteiger charge is -2.16. The van der Waals surface area contributed by atoms with Crippen molar-refractivity contribution in [1.29, 1.82) is 0 Å². The first kappa shape index (κ1) is 45.9. The summed E-state index contributed by atoms with van der Waals surface area (Å²) in [4.78, 5) is 17.8. The van der Waals surface area contributed by atoms with E-state index in [0.717, 1.165) is 47.4 Å². The number of anilines is 2. The molecule has 0 unspecified atom stereocenters. The van der Waals surface area contributed by atoms with Gasteiger partial charge in [-0.15, -0.1) is 0 Å². The average molecular weight is 911 g/mol. The first-order valence-electron chi connectivity index (χ1n) is 20.5. The van der Waals surface area contributed by atoms with Crippen molar-refractivity contribution in [2.24, 2.45) is 0 Å². The lowest BCUT2D eigenvalue weighted by atomic mass is 10.2. The van der Waals surface area contributed by atoms with Gasteiger partial charge in [-0.05, 0) is 81.3 Å². The maximum absolute atomic E-state index is 13.4. The molecular weight excluding hydrogens is 863 g/mol. The summed E-state index contributed by atoms with van der Waals surface area (Å²) < 4.78 is 91.0. The zero-order valence-corrected chi connectivity index (χ0v) is 36.7. The van der Waals surface area contributed by atoms with Crippen LogP contribution in [-0.2, 0) is 23.8 Å². The number of benzene rings is 2. The van der Waals surface area contributed by atoms with E-state index in [1.54, 1.807) is 25.9 Å². The van der Waals surface area contributed by atoms with E-state index in [4.69, 9.17) is 14.9 Å². The molecule has 2 aromatic carbocycles. The van der Waals surface area contributed by atoms with Crippen molar-refractivity contribution in [1.82, 2.24) is 48.7 Å². The highest BCUT2D eigenvalue weighted by Crippen LogP contribution is 2.36. The Balaban J connectivity index is 0.000000197. The molecule has 0 aliphatic carbocycles.